The van der Waals surface area contributed by atoms with Crippen molar-refractivity contribution >= 4 is 33.4 Å². The Morgan fingerprint density at radius 3 is 2.56 bits per heavy atom. The zero-order chi connectivity index (χ0) is 23.1. The molecule has 1 aliphatic carbocycles. The summed E-state index contributed by atoms with van der Waals surface area (Å²) in [7, 11) is 1.92. The van der Waals surface area contributed by atoms with Gasteiger partial charge in [-0.3, -0.25) is 9.59 Å². The van der Waals surface area contributed by atoms with Crippen LogP contribution in [0.5, 0.6) is 0 Å². The third kappa shape index (κ3) is 6.51. The Balaban J connectivity index is 1.76. The zero-order valence-corrected chi connectivity index (χ0v) is 20.7. The van der Waals surface area contributed by atoms with Gasteiger partial charge in [0.1, 0.15) is 6.04 Å². The van der Waals surface area contributed by atoms with Crippen LogP contribution in [0.15, 0.2) is 18.2 Å². The Labute approximate surface area is 196 Å². The second-order valence-electron chi connectivity index (χ2n) is 9.24. The van der Waals surface area contributed by atoms with Crippen LogP contribution in [-0.2, 0) is 16.0 Å². The van der Waals surface area contributed by atoms with Gasteiger partial charge in [-0.15, -0.1) is 11.3 Å². The molecule has 1 saturated carbocycles. The molecule has 1 heterocycles. The van der Waals surface area contributed by atoms with E-state index in [9.17, 15) is 9.59 Å². The second-order valence-corrected chi connectivity index (χ2v) is 10.4. The number of nitrogens with zero attached hydrogens (tertiary/aromatic N) is 1. The van der Waals surface area contributed by atoms with Crippen LogP contribution in [0, 0.1) is 5.92 Å². The van der Waals surface area contributed by atoms with Crippen LogP contribution >= 0.6 is 11.3 Å². The standard InChI is InChI=1S/C25H38N4O2S/c1-5-23(30)27-20(25(31)29-21(15-26-4)17-9-7-6-8-10-17)14-24-28-19-12-11-18(16(2)3)13-22(19)32-24/h11-13,16-17,20-21,26H,5-10,14-15H2,1-4H3,(H,27,30)(H,29,31)/t20-,21+/m0/s1. The molecule has 0 radical (unpaired) electrons. The van der Waals surface area contributed by atoms with Crippen molar-refractivity contribution in [1.29, 1.82) is 0 Å². The summed E-state index contributed by atoms with van der Waals surface area (Å²) in [4.78, 5) is 30.3. The summed E-state index contributed by atoms with van der Waals surface area (Å²) < 4.78 is 1.13. The molecule has 32 heavy (non-hydrogen) atoms. The molecule has 2 atom stereocenters. The number of amides is 2. The van der Waals surface area contributed by atoms with Crippen LogP contribution in [0.25, 0.3) is 10.2 Å². The summed E-state index contributed by atoms with van der Waals surface area (Å²) in [6.45, 7) is 6.90. The molecule has 0 spiro atoms. The highest BCUT2D eigenvalue weighted by molar-refractivity contribution is 7.18. The van der Waals surface area contributed by atoms with Crippen molar-refractivity contribution in [2.75, 3.05) is 13.6 Å². The van der Waals surface area contributed by atoms with Crippen molar-refractivity contribution in [2.45, 2.75) is 83.7 Å². The summed E-state index contributed by atoms with van der Waals surface area (Å²) >= 11 is 1.61. The first-order valence-electron chi connectivity index (χ1n) is 12.0. The van der Waals surface area contributed by atoms with Gasteiger partial charge in [0.25, 0.3) is 0 Å². The number of likely N-dealkylation sites (N-methyl/N-ethyl adjacent to an activating group) is 1. The lowest BCUT2D eigenvalue weighted by molar-refractivity contribution is -0.129. The van der Waals surface area contributed by atoms with Gasteiger partial charge in [-0.05, 0) is 49.4 Å². The first kappa shape index (κ1) is 24.6. The zero-order valence-electron chi connectivity index (χ0n) is 19.9. The minimum atomic E-state index is -0.615. The van der Waals surface area contributed by atoms with Gasteiger partial charge in [0, 0.05) is 25.4 Å². The van der Waals surface area contributed by atoms with Crippen molar-refractivity contribution in [3.63, 3.8) is 0 Å². The Morgan fingerprint density at radius 2 is 1.91 bits per heavy atom. The van der Waals surface area contributed by atoms with Crippen molar-refractivity contribution in [1.82, 2.24) is 20.9 Å². The Hall–Kier alpha value is -1.99. The van der Waals surface area contributed by atoms with Gasteiger partial charge in [0.05, 0.1) is 15.2 Å². The second kappa shape index (κ2) is 11.8. The van der Waals surface area contributed by atoms with Crippen molar-refractivity contribution < 1.29 is 9.59 Å². The number of carbonyl (C=O) groups is 2. The summed E-state index contributed by atoms with van der Waals surface area (Å²) in [5, 5.41) is 10.3. The van der Waals surface area contributed by atoms with E-state index >= 15 is 0 Å². The predicted octanol–water partition coefficient (Wildman–Crippen LogP) is 4.14. The molecular weight excluding hydrogens is 420 g/mol. The maximum Gasteiger partial charge on any atom is 0.243 e. The van der Waals surface area contributed by atoms with E-state index in [-0.39, 0.29) is 17.9 Å². The maximum absolute atomic E-state index is 13.3. The molecule has 0 aliphatic heterocycles. The van der Waals surface area contributed by atoms with Crippen LogP contribution < -0.4 is 16.0 Å². The maximum atomic E-state index is 13.3. The fraction of sp³-hybridized carbons (Fsp3) is 0.640. The van der Waals surface area contributed by atoms with E-state index in [2.05, 4.69) is 48.0 Å². The average molecular weight is 459 g/mol. The van der Waals surface area contributed by atoms with Gasteiger partial charge in [0.2, 0.25) is 11.8 Å². The van der Waals surface area contributed by atoms with Gasteiger partial charge >= 0.3 is 0 Å². The molecule has 1 aliphatic rings. The van der Waals surface area contributed by atoms with Gasteiger partial charge < -0.3 is 16.0 Å². The number of hydrogen-bond donors (Lipinski definition) is 3. The molecular formula is C25H38N4O2S. The monoisotopic (exact) mass is 458 g/mol. The number of nitrogens with one attached hydrogen (secondary N) is 3. The first-order chi connectivity index (χ1) is 15.4. The van der Waals surface area contributed by atoms with E-state index in [0.717, 1.165) is 34.6 Å². The van der Waals surface area contributed by atoms with E-state index in [1.165, 1.54) is 24.8 Å². The number of thiazole rings is 1. The molecule has 176 valence electrons. The molecule has 3 rings (SSSR count). The fourth-order valence-corrected chi connectivity index (χ4v) is 5.55. The number of carbonyl (C=O) groups excluding carboxylic acids is 2. The summed E-state index contributed by atoms with van der Waals surface area (Å²) in [6.07, 6.45) is 6.78. The molecule has 1 aromatic carbocycles. The normalized spacial score (nSPS) is 16.8. The molecule has 6 nitrogen and oxygen atoms in total. The Bertz CT molecular complexity index is 904. The molecule has 7 heteroatoms. The molecule has 2 aromatic rings. The third-order valence-electron chi connectivity index (χ3n) is 6.45. The summed E-state index contributed by atoms with van der Waals surface area (Å²) in [5.74, 6) is 0.715. The fourth-order valence-electron chi connectivity index (χ4n) is 4.49. The number of hydrogen-bond acceptors (Lipinski definition) is 5. The molecule has 1 fully saturated rings. The number of aromatic nitrogens is 1. The lowest BCUT2D eigenvalue weighted by Crippen LogP contribution is -2.54. The van der Waals surface area contributed by atoms with Crippen molar-refractivity contribution in [3.05, 3.63) is 28.8 Å². The summed E-state index contributed by atoms with van der Waals surface area (Å²) in [6, 6.07) is 5.82. The lowest BCUT2D eigenvalue weighted by Gasteiger charge is -2.32. The van der Waals surface area contributed by atoms with Gasteiger partial charge in [-0.1, -0.05) is 46.1 Å². The van der Waals surface area contributed by atoms with Crippen LogP contribution in [0.3, 0.4) is 0 Å². The minimum absolute atomic E-state index is 0.0813. The first-order valence-corrected chi connectivity index (χ1v) is 12.9. The van der Waals surface area contributed by atoms with Crippen LogP contribution in [0.4, 0.5) is 0 Å². The van der Waals surface area contributed by atoms with E-state index in [0.29, 0.717) is 24.7 Å². The van der Waals surface area contributed by atoms with E-state index in [1.54, 1.807) is 18.3 Å². The molecule has 2 amide bonds. The van der Waals surface area contributed by atoms with Gasteiger partial charge in [-0.25, -0.2) is 4.98 Å². The van der Waals surface area contributed by atoms with Crippen LogP contribution in [-0.4, -0.2) is 42.5 Å². The third-order valence-corrected chi connectivity index (χ3v) is 7.49. The average Bonchev–Trinajstić information content (AvgIpc) is 3.20. The molecule has 3 N–H and O–H groups in total. The minimum Gasteiger partial charge on any atom is -0.350 e. The summed E-state index contributed by atoms with van der Waals surface area (Å²) in [5.41, 5.74) is 2.23. The SMILES string of the molecule is CCC(=O)N[C@@H](Cc1nc2ccc(C(C)C)cc2s1)C(=O)N[C@H](CNC)C1CCCCC1. The highest BCUT2D eigenvalue weighted by Crippen LogP contribution is 2.28. The topological polar surface area (TPSA) is 83.1 Å². The van der Waals surface area contributed by atoms with Crippen molar-refractivity contribution in [3.8, 4) is 0 Å². The quantitative estimate of drug-likeness (QED) is 0.500. The van der Waals surface area contributed by atoms with Gasteiger partial charge in [-0.2, -0.15) is 0 Å². The largest absolute Gasteiger partial charge is 0.350 e. The Morgan fingerprint density at radius 1 is 1.16 bits per heavy atom. The molecule has 0 unspecified atom stereocenters. The van der Waals surface area contributed by atoms with E-state index in [1.807, 2.05) is 7.05 Å². The Kier molecular flexibility index (Phi) is 9.05. The highest BCUT2D eigenvalue weighted by atomic mass is 32.1. The smallest absolute Gasteiger partial charge is 0.243 e. The lowest BCUT2D eigenvalue weighted by atomic mass is 9.83. The highest BCUT2D eigenvalue weighted by Gasteiger charge is 2.29. The van der Waals surface area contributed by atoms with Crippen LogP contribution in [0.1, 0.15) is 75.8 Å². The van der Waals surface area contributed by atoms with E-state index in [4.69, 9.17) is 4.98 Å². The van der Waals surface area contributed by atoms with Gasteiger partial charge in [0.15, 0.2) is 0 Å². The molecule has 0 saturated heterocycles. The number of rotatable bonds is 10. The van der Waals surface area contributed by atoms with Crippen molar-refractivity contribution in [2.24, 2.45) is 5.92 Å². The molecule has 0 bridgehead atoms. The number of benzene rings is 1. The molecule has 1 aromatic heterocycles. The van der Waals surface area contributed by atoms with E-state index < -0.39 is 6.04 Å². The predicted molar refractivity (Wildman–Crippen MR) is 132 cm³/mol. The van der Waals surface area contributed by atoms with Crippen LogP contribution in [0.2, 0.25) is 0 Å². The number of fused-ring (bicyclic) bond motifs is 1.